The lowest BCUT2D eigenvalue weighted by Crippen LogP contribution is -2.08. The van der Waals surface area contributed by atoms with Crippen molar-refractivity contribution in [2.75, 3.05) is 19.4 Å². The highest BCUT2D eigenvalue weighted by molar-refractivity contribution is 7.53. The molecular formula is C14H20FN4O3P. The van der Waals surface area contributed by atoms with E-state index in [1.807, 2.05) is 0 Å². The summed E-state index contributed by atoms with van der Waals surface area (Å²) in [6, 6.07) is 1.34. The maximum atomic E-state index is 13.1. The largest absolute Gasteiger partial charge is 0.332 e. The van der Waals surface area contributed by atoms with Crippen molar-refractivity contribution in [3.63, 3.8) is 0 Å². The van der Waals surface area contributed by atoms with Gasteiger partial charge >= 0.3 is 7.60 Å². The first-order chi connectivity index (χ1) is 11.0. The molecule has 2 heterocycles. The minimum atomic E-state index is -3.11. The first-order valence-electron chi connectivity index (χ1n) is 7.38. The summed E-state index contributed by atoms with van der Waals surface area (Å²) in [5.41, 5.74) is 2.01. The molecule has 126 valence electrons. The van der Waals surface area contributed by atoms with E-state index < -0.39 is 13.5 Å². The molecular weight excluding hydrogens is 322 g/mol. The van der Waals surface area contributed by atoms with Gasteiger partial charge in [0.2, 0.25) is 5.95 Å². The number of aryl methyl sites for hydroxylation is 2. The van der Waals surface area contributed by atoms with Crippen molar-refractivity contribution in [1.29, 1.82) is 0 Å². The minimum Gasteiger partial charge on any atom is -0.309 e. The lowest BCUT2D eigenvalue weighted by Gasteiger charge is -2.16. The summed E-state index contributed by atoms with van der Waals surface area (Å²) >= 11 is 0. The Kier molecular flexibility index (Phi) is 5.98. The number of nitrogens with zero attached hydrogens (tertiary/aromatic N) is 4. The molecule has 0 radical (unpaired) electrons. The van der Waals surface area contributed by atoms with Crippen LogP contribution in [0, 0.1) is 12.9 Å². The fourth-order valence-electron chi connectivity index (χ4n) is 2.11. The predicted molar refractivity (Wildman–Crippen MR) is 83.7 cm³/mol. The molecule has 7 nitrogen and oxygen atoms in total. The number of hydrogen-bond acceptors (Lipinski definition) is 6. The first kappa shape index (κ1) is 17.7. The van der Waals surface area contributed by atoms with E-state index in [1.165, 1.54) is 12.3 Å². The first-order valence-corrected chi connectivity index (χ1v) is 9.11. The molecule has 0 saturated heterocycles. The molecule has 2 aromatic heterocycles. The van der Waals surface area contributed by atoms with Crippen LogP contribution < -0.4 is 0 Å². The fraction of sp³-hybridized carbons (Fsp3) is 0.500. The Bertz CT molecular complexity index is 697. The van der Waals surface area contributed by atoms with Crippen molar-refractivity contribution in [2.24, 2.45) is 0 Å². The average molecular weight is 342 g/mol. The standard InChI is InChI=1S/C14H20FN4O3P/c1-4-21-23(20,22-5-2)7-6-19-10-13(17-18-19)12-9-16-14(15)8-11(12)3/h8-10H,4-7H2,1-3H3. The van der Waals surface area contributed by atoms with Gasteiger partial charge in [0.25, 0.3) is 0 Å². The van der Waals surface area contributed by atoms with Crippen molar-refractivity contribution in [3.8, 4) is 11.3 Å². The predicted octanol–water partition coefficient (Wildman–Crippen LogP) is 3.05. The maximum Gasteiger partial charge on any atom is 0.332 e. The van der Waals surface area contributed by atoms with Crippen LogP contribution in [-0.2, 0) is 20.2 Å². The molecule has 0 spiro atoms. The molecule has 0 fully saturated rings. The summed E-state index contributed by atoms with van der Waals surface area (Å²) in [5.74, 6) is -0.534. The van der Waals surface area contributed by atoms with Crippen LogP contribution in [0.15, 0.2) is 18.5 Å². The smallest absolute Gasteiger partial charge is 0.309 e. The van der Waals surface area contributed by atoms with Gasteiger partial charge in [-0.15, -0.1) is 5.10 Å². The van der Waals surface area contributed by atoms with Crippen molar-refractivity contribution in [3.05, 3.63) is 30.0 Å². The number of aromatic nitrogens is 4. The molecule has 0 aliphatic rings. The zero-order valence-electron chi connectivity index (χ0n) is 13.4. The third-order valence-corrected chi connectivity index (χ3v) is 5.20. The van der Waals surface area contributed by atoms with Gasteiger partial charge in [0.05, 0.1) is 32.1 Å². The zero-order chi connectivity index (χ0) is 16.9. The van der Waals surface area contributed by atoms with Gasteiger partial charge in [-0.25, -0.2) is 4.98 Å². The van der Waals surface area contributed by atoms with Crippen LogP contribution >= 0.6 is 7.60 Å². The maximum absolute atomic E-state index is 13.1. The molecule has 0 N–H and O–H groups in total. The van der Waals surface area contributed by atoms with Crippen LogP contribution in [0.25, 0.3) is 11.3 Å². The second-order valence-corrected chi connectivity index (χ2v) is 7.04. The molecule has 0 bridgehead atoms. The Labute approximate surface area is 134 Å². The topological polar surface area (TPSA) is 79.1 Å². The Morgan fingerprint density at radius 1 is 1.30 bits per heavy atom. The SMILES string of the molecule is CCOP(=O)(CCn1cc(-c2cnc(F)cc2C)nn1)OCC. The van der Waals surface area contributed by atoms with Gasteiger partial charge in [-0.3, -0.25) is 9.25 Å². The highest BCUT2D eigenvalue weighted by Gasteiger charge is 2.23. The van der Waals surface area contributed by atoms with Crippen molar-refractivity contribution in [1.82, 2.24) is 20.0 Å². The summed E-state index contributed by atoms with van der Waals surface area (Å²) in [6.07, 6.45) is 3.33. The molecule has 0 aromatic carbocycles. The highest BCUT2D eigenvalue weighted by atomic mass is 31.2. The van der Waals surface area contributed by atoms with Gasteiger partial charge in [0.1, 0.15) is 5.69 Å². The van der Waals surface area contributed by atoms with Crippen molar-refractivity contribution >= 4 is 7.60 Å². The molecule has 0 saturated carbocycles. The lowest BCUT2D eigenvalue weighted by molar-refractivity contribution is 0.218. The van der Waals surface area contributed by atoms with Gasteiger partial charge in [-0.05, 0) is 32.4 Å². The third-order valence-electron chi connectivity index (χ3n) is 3.15. The molecule has 0 aliphatic heterocycles. The van der Waals surface area contributed by atoms with Crippen LogP contribution in [0.4, 0.5) is 4.39 Å². The van der Waals surface area contributed by atoms with Crippen molar-refractivity contribution in [2.45, 2.75) is 27.3 Å². The highest BCUT2D eigenvalue weighted by Crippen LogP contribution is 2.47. The average Bonchev–Trinajstić information content (AvgIpc) is 2.94. The quantitative estimate of drug-likeness (QED) is 0.542. The Hall–Kier alpha value is -1.63. The third kappa shape index (κ3) is 4.67. The molecule has 0 atom stereocenters. The molecule has 9 heteroatoms. The summed E-state index contributed by atoms with van der Waals surface area (Å²) < 4.78 is 37.5. The van der Waals surface area contributed by atoms with Gasteiger partial charge in [0.15, 0.2) is 0 Å². The molecule has 23 heavy (non-hydrogen) atoms. The molecule has 0 unspecified atom stereocenters. The van der Waals surface area contributed by atoms with Crippen LogP contribution in [0.5, 0.6) is 0 Å². The van der Waals surface area contributed by atoms with E-state index in [9.17, 15) is 8.96 Å². The Balaban J connectivity index is 2.09. The normalized spacial score (nSPS) is 11.8. The number of pyridine rings is 1. The van der Waals surface area contributed by atoms with E-state index in [-0.39, 0.29) is 6.16 Å². The summed E-state index contributed by atoms with van der Waals surface area (Å²) in [5, 5.41) is 8.04. The summed E-state index contributed by atoms with van der Waals surface area (Å²) in [6.45, 7) is 6.29. The molecule has 0 amide bonds. The monoisotopic (exact) mass is 342 g/mol. The van der Waals surface area contributed by atoms with Gasteiger partial charge in [0, 0.05) is 11.8 Å². The van der Waals surface area contributed by atoms with E-state index >= 15 is 0 Å². The summed E-state index contributed by atoms with van der Waals surface area (Å²) in [7, 11) is -3.11. The van der Waals surface area contributed by atoms with E-state index in [0.29, 0.717) is 31.0 Å². The van der Waals surface area contributed by atoms with Gasteiger partial charge < -0.3 is 9.05 Å². The van der Waals surface area contributed by atoms with Crippen LogP contribution in [0.3, 0.4) is 0 Å². The van der Waals surface area contributed by atoms with Crippen LogP contribution in [0.1, 0.15) is 19.4 Å². The zero-order valence-corrected chi connectivity index (χ0v) is 14.3. The van der Waals surface area contributed by atoms with Crippen LogP contribution in [0.2, 0.25) is 0 Å². The number of hydrogen-bond donors (Lipinski definition) is 0. The van der Waals surface area contributed by atoms with Crippen molar-refractivity contribution < 1.29 is 18.0 Å². The van der Waals surface area contributed by atoms with Gasteiger partial charge in [-0.2, -0.15) is 4.39 Å². The van der Waals surface area contributed by atoms with Crippen LogP contribution in [-0.4, -0.2) is 39.4 Å². The second-order valence-electron chi connectivity index (χ2n) is 4.86. The minimum absolute atomic E-state index is 0.206. The Morgan fingerprint density at radius 2 is 2.00 bits per heavy atom. The fourth-order valence-corrected chi connectivity index (χ4v) is 3.68. The van der Waals surface area contributed by atoms with E-state index in [0.717, 1.165) is 5.56 Å². The molecule has 2 aromatic rings. The number of rotatable bonds is 8. The summed E-state index contributed by atoms with van der Waals surface area (Å²) in [4.78, 5) is 3.63. The molecule has 0 aliphatic carbocycles. The molecule has 2 rings (SSSR count). The Morgan fingerprint density at radius 3 is 2.61 bits per heavy atom. The lowest BCUT2D eigenvalue weighted by atomic mass is 10.1. The van der Waals surface area contributed by atoms with E-state index in [2.05, 4.69) is 15.3 Å². The second kappa shape index (κ2) is 7.77. The number of halogens is 1. The van der Waals surface area contributed by atoms with E-state index in [4.69, 9.17) is 9.05 Å². The van der Waals surface area contributed by atoms with Gasteiger partial charge in [-0.1, -0.05) is 5.21 Å². The van der Waals surface area contributed by atoms with E-state index in [1.54, 1.807) is 31.6 Å².